The van der Waals surface area contributed by atoms with E-state index in [1.165, 1.54) is 6.08 Å². The summed E-state index contributed by atoms with van der Waals surface area (Å²) in [4.78, 5) is 3.80. The zero-order valence-electron chi connectivity index (χ0n) is 7.93. The molecule has 1 nitrogen and oxygen atoms in total. The smallest absolute Gasteiger partial charge is 0.261 e. The predicted molar refractivity (Wildman–Crippen MR) is 50.2 cm³/mol. The number of hydrogen-bond acceptors (Lipinski definition) is 1. The highest BCUT2D eigenvalue weighted by Crippen LogP contribution is 2.26. The molecule has 0 amide bonds. The third kappa shape index (κ3) is 3.01. The summed E-state index contributed by atoms with van der Waals surface area (Å²) in [6.45, 7) is 1.88. The fourth-order valence-corrected chi connectivity index (χ4v) is 1.17. The van der Waals surface area contributed by atoms with Gasteiger partial charge in [0.2, 0.25) is 0 Å². The zero-order chi connectivity index (χ0) is 10.6. The molecular formula is C10H12F3N. The predicted octanol–water partition coefficient (Wildman–Crippen LogP) is 3.63. The van der Waals surface area contributed by atoms with Crippen molar-refractivity contribution in [3.63, 3.8) is 0 Å². The van der Waals surface area contributed by atoms with E-state index >= 15 is 0 Å². The highest BCUT2D eigenvalue weighted by Gasteiger charge is 2.32. The van der Waals surface area contributed by atoms with Crippen molar-refractivity contribution in [3.8, 4) is 0 Å². The number of alkyl halides is 3. The van der Waals surface area contributed by atoms with Crippen molar-refractivity contribution in [2.24, 2.45) is 4.99 Å². The average Bonchev–Trinajstić information content (AvgIpc) is 2.01. The standard InChI is InChI=1S/C10H12F3N/c1-2-9-6-4-3-5-8(7-14-9)10(11,12)13/h5-7H,2-4H2,1H3/b8-5+,9-6-,14-7+. The number of nitrogens with zero attached hydrogens (tertiary/aromatic N) is 1. The first-order chi connectivity index (χ1) is 6.54. The van der Waals surface area contributed by atoms with Gasteiger partial charge in [-0.25, -0.2) is 0 Å². The lowest BCUT2D eigenvalue weighted by molar-refractivity contribution is -0.0858. The summed E-state index contributed by atoms with van der Waals surface area (Å²) in [5.41, 5.74) is 0.0800. The zero-order valence-corrected chi connectivity index (χ0v) is 7.93. The molecule has 0 radical (unpaired) electrons. The van der Waals surface area contributed by atoms with Gasteiger partial charge in [-0.2, -0.15) is 13.2 Å². The maximum absolute atomic E-state index is 12.3. The molecule has 0 spiro atoms. The average molecular weight is 203 g/mol. The van der Waals surface area contributed by atoms with Crippen LogP contribution in [0.2, 0.25) is 0 Å². The number of aliphatic imine (C=N–C) groups is 1. The molecule has 0 N–H and O–H groups in total. The van der Waals surface area contributed by atoms with Crippen LogP contribution in [0.1, 0.15) is 26.2 Å². The van der Waals surface area contributed by atoms with Crippen LogP contribution >= 0.6 is 0 Å². The van der Waals surface area contributed by atoms with Crippen LogP contribution in [0.3, 0.4) is 0 Å². The molecular weight excluding hydrogens is 191 g/mol. The minimum absolute atomic E-state index is 0.421. The molecule has 0 aromatic rings. The molecule has 0 aliphatic carbocycles. The van der Waals surface area contributed by atoms with E-state index in [9.17, 15) is 13.2 Å². The summed E-state index contributed by atoms with van der Waals surface area (Å²) in [6, 6.07) is 0. The summed E-state index contributed by atoms with van der Waals surface area (Å²) in [7, 11) is 0. The van der Waals surface area contributed by atoms with Crippen molar-refractivity contribution in [1.82, 2.24) is 0 Å². The first-order valence-corrected chi connectivity index (χ1v) is 4.54. The fourth-order valence-electron chi connectivity index (χ4n) is 1.17. The van der Waals surface area contributed by atoms with Crippen LogP contribution in [-0.4, -0.2) is 12.4 Å². The van der Waals surface area contributed by atoms with Gasteiger partial charge >= 0.3 is 6.18 Å². The number of hydrogen-bond donors (Lipinski definition) is 0. The summed E-state index contributed by atoms with van der Waals surface area (Å²) in [6.07, 6.45) is 1.41. The molecule has 4 heteroatoms. The van der Waals surface area contributed by atoms with Crippen LogP contribution in [0.4, 0.5) is 13.2 Å². The van der Waals surface area contributed by atoms with E-state index in [2.05, 4.69) is 4.99 Å². The molecule has 0 aromatic heterocycles. The first-order valence-electron chi connectivity index (χ1n) is 4.54. The minimum Gasteiger partial charge on any atom is -0.261 e. The molecule has 0 aromatic carbocycles. The van der Waals surface area contributed by atoms with Gasteiger partial charge in [0.15, 0.2) is 0 Å². The fraction of sp³-hybridized carbons (Fsp3) is 0.500. The topological polar surface area (TPSA) is 12.4 Å². The molecule has 0 saturated carbocycles. The van der Waals surface area contributed by atoms with Crippen molar-refractivity contribution in [3.05, 3.63) is 23.4 Å². The van der Waals surface area contributed by atoms with Gasteiger partial charge in [0.05, 0.1) is 5.57 Å². The van der Waals surface area contributed by atoms with Gasteiger partial charge in [0.1, 0.15) is 0 Å². The van der Waals surface area contributed by atoms with Gasteiger partial charge in [-0.15, -0.1) is 0 Å². The molecule has 0 atom stereocenters. The number of rotatable bonds is 1. The summed E-state index contributed by atoms with van der Waals surface area (Å²) >= 11 is 0. The normalized spacial score (nSPS) is 28.0. The van der Waals surface area contributed by atoms with E-state index in [1.807, 2.05) is 13.0 Å². The molecule has 1 aliphatic heterocycles. The van der Waals surface area contributed by atoms with Crippen molar-refractivity contribution < 1.29 is 13.2 Å². The van der Waals surface area contributed by atoms with Crippen molar-refractivity contribution >= 4 is 6.21 Å². The second kappa shape index (κ2) is 4.44. The summed E-state index contributed by atoms with van der Waals surface area (Å²) < 4.78 is 36.9. The lowest BCUT2D eigenvalue weighted by Crippen LogP contribution is -2.13. The van der Waals surface area contributed by atoms with E-state index in [0.717, 1.165) is 11.9 Å². The SMILES string of the molecule is CCC1=C\CC\C=C(C(F)(F)F)/C=N/1. The molecule has 1 rings (SSSR count). The molecule has 0 saturated heterocycles. The minimum atomic E-state index is -4.28. The van der Waals surface area contributed by atoms with E-state index in [1.54, 1.807) is 0 Å². The summed E-state index contributed by atoms with van der Waals surface area (Å²) in [5, 5.41) is 0. The van der Waals surface area contributed by atoms with Crippen LogP contribution in [0.5, 0.6) is 0 Å². The van der Waals surface area contributed by atoms with Crippen LogP contribution in [0.25, 0.3) is 0 Å². The lowest BCUT2D eigenvalue weighted by atomic mass is 10.1. The third-order valence-corrected chi connectivity index (χ3v) is 1.97. The Kier molecular flexibility index (Phi) is 3.49. The van der Waals surface area contributed by atoms with E-state index in [0.29, 0.717) is 19.3 Å². The van der Waals surface area contributed by atoms with Crippen LogP contribution in [0, 0.1) is 0 Å². The van der Waals surface area contributed by atoms with Crippen LogP contribution < -0.4 is 0 Å². The monoisotopic (exact) mass is 203 g/mol. The van der Waals surface area contributed by atoms with Crippen molar-refractivity contribution in [1.29, 1.82) is 0 Å². The molecule has 14 heavy (non-hydrogen) atoms. The Labute approximate surface area is 81.0 Å². The van der Waals surface area contributed by atoms with Gasteiger partial charge in [-0.05, 0) is 19.3 Å². The lowest BCUT2D eigenvalue weighted by Gasteiger charge is -2.09. The molecule has 0 unspecified atom stereocenters. The molecule has 1 heterocycles. The Balaban J connectivity index is 2.86. The maximum atomic E-state index is 12.3. The second-order valence-electron chi connectivity index (χ2n) is 3.04. The van der Waals surface area contributed by atoms with Gasteiger partial charge in [0.25, 0.3) is 0 Å². The number of halogens is 3. The highest BCUT2D eigenvalue weighted by atomic mass is 19.4. The largest absolute Gasteiger partial charge is 0.417 e. The van der Waals surface area contributed by atoms with Crippen LogP contribution in [-0.2, 0) is 0 Å². The molecule has 0 bridgehead atoms. The van der Waals surface area contributed by atoms with E-state index < -0.39 is 11.7 Å². The van der Waals surface area contributed by atoms with Gasteiger partial charge in [-0.3, -0.25) is 4.99 Å². The van der Waals surface area contributed by atoms with Gasteiger partial charge in [0, 0.05) is 11.9 Å². The Morgan fingerprint density at radius 3 is 2.50 bits per heavy atom. The van der Waals surface area contributed by atoms with Gasteiger partial charge < -0.3 is 0 Å². The van der Waals surface area contributed by atoms with E-state index in [4.69, 9.17) is 0 Å². The molecule has 0 fully saturated rings. The Morgan fingerprint density at radius 1 is 1.29 bits per heavy atom. The molecule has 78 valence electrons. The Morgan fingerprint density at radius 2 is 1.93 bits per heavy atom. The third-order valence-electron chi connectivity index (χ3n) is 1.97. The Hall–Kier alpha value is -1.06. The number of allylic oxidation sites excluding steroid dienone is 4. The maximum Gasteiger partial charge on any atom is 0.417 e. The highest BCUT2D eigenvalue weighted by molar-refractivity contribution is 5.81. The van der Waals surface area contributed by atoms with Crippen molar-refractivity contribution in [2.45, 2.75) is 32.4 Å². The second-order valence-corrected chi connectivity index (χ2v) is 3.04. The quantitative estimate of drug-likeness (QED) is 0.617. The van der Waals surface area contributed by atoms with Crippen LogP contribution in [0.15, 0.2) is 28.4 Å². The Bertz CT molecular complexity index is 284. The summed E-state index contributed by atoms with van der Waals surface area (Å²) in [5.74, 6) is 0. The molecule has 1 aliphatic rings. The van der Waals surface area contributed by atoms with E-state index in [-0.39, 0.29) is 0 Å². The first kappa shape index (κ1) is 11.0. The van der Waals surface area contributed by atoms with Crippen molar-refractivity contribution in [2.75, 3.05) is 0 Å². The van der Waals surface area contributed by atoms with Gasteiger partial charge in [-0.1, -0.05) is 19.1 Å².